The second-order valence-corrected chi connectivity index (χ2v) is 5.38. The average molecular weight is 265 g/mol. The van der Waals surface area contributed by atoms with Crippen LogP contribution in [0, 0.1) is 12.7 Å². The summed E-state index contributed by atoms with van der Waals surface area (Å²) in [4.78, 5) is 0. The van der Waals surface area contributed by atoms with Crippen molar-refractivity contribution in [2.45, 2.75) is 51.5 Å². The summed E-state index contributed by atoms with van der Waals surface area (Å²) in [6.07, 6.45) is 7.90. The molecule has 2 nitrogen and oxygen atoms in total. The van der Waals surface area contributed by atoms with Crippen LogP contribution in [0.4, 0.5) is 4.39 Å². The van der Waals surface area contributed by atoms with E-state index in [0.717, 1.165) is 6.54 Å². The van der Waals surface area contributed by atoms with Gasteiger partial charge in [-0.05, 0) is 31.4 Å². The second kappa shape index (κ2) is 7.49. The fourth-order valence-corrected chi connectivity index (χ4v) is 2.64. The highest BCUT2D eigenvalue weighted by atomic mass is 19.1. The lowest BCUT2D eigenvalue weighted by atomic mass is 10.1. The number of nitrogens with one attached hydrogen (secondary N) is 1. The van der Waals surface area contributed by atoms with Crippen molar-refractivity contribution in [3.8, 4) is 5.75 Å². The minimum absolute atomic E-state index is 0.239. The third kappa shape index (κ3) is 4.50. The van der Waals surface area contributed by atoms with Gasteiger partial charge in [0, 0.05) is 12.6 Å². The maximum absolute atomic E-state index is 13.7. The molecule has 2 rings (SSSR count). The van der Waals surface area contributed by atoms with E-state index in [1.807, 2.05) is 6.07 Å². The van der Waals surface area contributed by atoms with Crippen molar-refractivity contribution < 1.29 is 9.13 Å². The van der Waals surface area contributed by atoms with Crippen molar-refractivity contribution in [1.29, 1.82) is 0 Å². The molecule has 106 valence electrons. The topological polar surface area (TPSA) is 21.3 Å². The van der Waals surface area contributed by atoms with Crippen LogP contribution in [-0.2, 0) is 0 Å². The molecule has 1 aliphatic carbocycles. The molecule has 0 bridgehead atoms. The first kappa shape index (κ1) is 14.3. The Bertz CT molecular complexity index is 386. The Kier molecular flexibility index (Phi) is 5.64. The molecule has 1 aromatic rings. The van der Waals surface area contributed by atoms with Gasteiger partial charge in [0.25, 0.3) is 0 Å². The molecule has 0 aliphatic heterocycles. The minimum Gasteiger partial charge on any atom is -0.489 e. The highest BCUT2D eigenvalue weighted by Crippen LogP contribution is 2.19. The van der Waals surface area contributed by atoms with E-state index < -0.39 is 0 Å². The van der Waals surface area contributed by atoms with E-state index in [1.165, 1.54) is 38.5 Å². The molecule has 19 heavy (non-hydrogen) atoms. The molecule has 1 fully saturated rings. The molecular weight excluding hydrogens is 241 g/mol. The van der Waals surface area contributed by atoms with Crippen LogP contribution >= 0.6 is 0 Å². The van der Waals surface area contributed by atoms with Crippen molar-refractivity contribution in [2.24, 2.45) is 0 Å². The van der Waals surface area contributed by atoms with Gasteiger partial charge < -0.3 is 10.1 Å². The number of halogens is 1. The Balaban J connectivity index is 1.70. The summed E-state index contributed by atoms with van der Waals surface area (Å²) in [5, 5.41) is 3.52. The zero-order valence-electron chi connectivity index (χ0n) is 11.8. The first-order valence-corrected chi connectivity index (χ1v) is 7.38. The molecular formula is C16H24FNO. The molecule has 0 radical (unpaired) electrons. The lowest BCUT2D eigenvalue weighted by molar-refractivity contribution is 0.287. The zero-order valence-corrected chi connectivity index (χ0v) is 11.8. The van der Waals surface area contributed by atoms with Gasteiger partial charge >= 0.3 is 0 Å². The van der Waals surface area contributed by atoms with Gasteiger partial charge in [-0.1, -0.05) is 37.8 Å². The third-order valence-electron chi connectivity index (χ3n) is 3.80. The molecule has 0 aromatic heterocycles. The molecule has 1 aliphatic rings. The van der Waals surface area contributed by atoms with E-state index in [-0.39, 0.29) is 5.82 Å². The lowest BCUT2D eigenvalue weighted by Gasteiger charge is -2.16. The number of hydrogen-bond acceptors (Lipinski definition) is 2. The summed E-state index contributed by atoms with van der Waals surface area (Å²) in [7, 11) is 0. The van der Waals surface area contributed by atoms with Crippen LogP contribution in [-0.4, -0.2) is 19.2 Å². The summed E-state index contributed by atoms with van der Waals surface area (Å²) < 4.78 is 19.2. The Morgan fingerprint density at radius 1 is 1.21 bits per heavy atom. The van der Waals surface area contributed by atoms with Gasteiger partial charge in [0.05, 0.1) is 0 Å². The number of hydrogen-bond donors (Lipinski definition) is 1. The highest BCUT2D eigenvalue weighted by Gasteiger charge is 2.11. The largest absolute Gasteiger partial charge is 0.489 e. The molecule has 0 amide bonds. The van der Waals surface area contributed by atoms with Crippen LogP contribution in [0.2, 0.25) is 0 Å². The first-order chi connectivity index (χ1) is 9.27. The van der Waals surface area contributed by atoms with E-state index in [9.17, 15) is 4.39 Å². The van der Waals surface area contributed by atoms with Crippen molar-refractivity contribution in [2.75, 3.05) is 13.2 Å². The summed E-state index contributed by atoms with van der Waals surface area (Å²) in [6, 6.07) is 5.89. The molecule has 1 N–H and O–H groups in total. The van der Waals surface area contributed by atoms with Gasteiger partial charge in [0.15, 0.2) is 11.6 Å². The predicted molar refractivity (Wildman–Crippen MR) is 76.1 cm³/mol. The zero-order chi connectivity index (χ0) is 13.5. The van der Waals surface area contributed by atoms with Crippen molar-refractivity contribution in [3.05, 3.63) is 29.6 Å². The van der Waals surface area contributed by atoms with Gasteiger partial charge in [-0.15, -0.1) is 0 Å². The lowest BCUT2D eigenvalue weighted by Crippen LogP contribution is -2.32. The Labute approximate surface area is 115 Å². The number of benzene rings is 1. The second-order valence-electron chi connectivity index (χ2n) is 5.38. The predicted octanol–water partition coefficient (Wildman–Crippen LogP) is 3.83. The first-order valence-electron chi connectivity index (χ1n) is 7.38. The van der Waals surface area contributed by atoms with Crippen LogP contribution in [0.1, 0.15) is 44.1 Å². The van der Waals surface area contributed by atoms with Gasteiger partial charge in [0.1, 0.15) is 6.61 Å². The molecule has 0 heterocycles. The Hall–Kier alpha value is -1.09. The SMILES string of the molecule is Cc1cccc(OCCNC2CCCCCC2)c1F. The van der Waals surface area contributed by atoms with E-state index in [4.69, 9.17) is 4.74 Å². The number of ether oxygens (including phenoxy) is 1. The van der Waals surface area contributed by atoms with Crippen molar-refractivity contribution in [1.82, 2.24) is 5.32 Å². The molecule has 1 saturated carbocycles. The van der Waals surface area contributed by atoms with Gasteiger partial charge in [-0.3, -0.25) is 0 Å². The van der Waals surface area contributed by atoms with Gasteiger partial charge in [-0.2, -0.15) is 0 Å². The van der Waals surface area contributed by atoms with E-state index in [1.54, 1.807) is 19.1 Å². The van der Waals surface area contributed by atoms with Gasteiger partial charge in [0.2, 0.25) is 0 Å². The summed E-state index contributed by atoms with van der Waals surface area (Å²) in [5.74, 6) is 0.125. The standard InChI is InChI=1S/C16H24FNO/c1-13-7-6-10-15(16(13)17)19-12-11-18-14-8-4-2-3-5-9-14/h6-7,10,14,18H,2-5,8-9,11-12H2,1H3. The maximum atomic E-state index is 13.7. The van der Waals surface area contributed by atoms with E-state index in [0.29, 0.717) is 24.0 Å². The van der Waals surface area contributed by atoms with Gasteiger partial charge in [-0.25, -0.2) is 4.39 Å². The number of rotatable bonds is 5. The molecule has 0 spiro atoms. The molecule has 0 saturated heterocycles. The van der Waals surface area contributed by atoms with Crippen LogP contribution in [0.3, 0.4) is 0 Å². The van der Waals surface area contributed by atoms with Crippen LogP contribution in [0.15, 0.2) is 18.2 Å². The fraction of sp³-hybridized carbons (Fsp3) is 0.625. The van der Waals surface area contributed by atoms with Crippen molar-refractivity contribution >= 4 is 0 Å². The quantitative estimate of drug-likeness (QED) is 0.645. The summed E-state index contributed by atoms with van der Waals surface area (Å²) in [5.41, 5.74) is 0.634. The molecule has 1 aromatic carbocycles. The van der Waals surface area contributed by atoms with E-state index in [2.05, 4.69) is 5.32 Å². The Morgan fingerprint density at radius 3 is 2.68 bits per heavy atom. The van der Waals surface area contributed by atoms with Crippen LogP contribution in [0.25, 0.3) is 0 Å². The monoisotopic (exact) mass is 265 g/mol. The summed E-state index contributed by atoms with van der Waals surface area (Å²) >= 11 is 0. The van der Waals surface area contributed by atoms with Crippen LogP contribution in [0.5, 0.6) is 5.75 Å². The Morgan fingerprint density at radius 2 is 1.95 bits per heavy atom. The van der Waals surface area contributed by atoms with Crippen LogP contribution < -0.4 is 10.1 Å². The minimum atomic E-state index is -0.239. The number of aryl methyl sites for hydroxylation is 1. The fourth-order valence-electron chi connectivity index (χ4n) is 2.64. The van der Waals surface area contributed by atoms with Crippen molar-refractivity contribution in [3.63, 3.8) is 0 Å². The highest BCUT2D eigenvalue weighted by molar-refractivity contribution is 5.29. The smallest absolute Gasteiger partial charge is 0.167 e. The average Bonchev–Trinajstić information content (AvgIpc) is 2.68. The maximum Gasteiger partial charge on any atom is 0.167 e. The molecule has 0 unspecified atom stereocenters. The molecule has 0 atom stereocenters. The van der Waals surface area contributed by atoms with E-state index >= 15 is 0 Å². The third-order valence-corrected chi connectivity index (χ3v) is 3.80. The molecule has 3 heteroatoms. The summed E-state index contributed by atoms with van der Waals surface area (Å²) in [6.45, 7) is 3.07. The normalized spacial score (nSPS) is 17.2.